The highest BCUT2D eigenvalue weighted by molar-refractivity contribution is 5.79. The van der Waals surface area contributed by atoms with Gasteiger partial charge in [0.05, 0.1) is 5.56 Å². The average Bonchev–Trinajstić information content (AvgIpc) is 2.42. The number of phenolic OH excluding ortho intramolecular Hbond substituents is 1. The number of phenols is 1. The van der Waals surface area contributed by atoms with E-state index in [9.17, 15) is 14.7 Å². The molecule has 0 aliphatic carbocycles. The van der Waals surface area contributed by atoms with Crippen molar-refractivity contribution in [3.63, 3.8) is 0 Å². The molecule has 0 saturated heterocycles. The molecule has 5 nitrogen and oxygen atoms in total. The fourth-order valence-electron chi connectivity index (χ4n) is 1.98. The minimum atomic E-state index is -0.794. The van der Waals surface area contributed by atoms with E-state index < -0.39 is 11.6 Å². The van der Waals surface area contributed by atoms with E-state index in [1.165, 1.54) is 12.1 Å². The Balaban J connectivity index is 2.05. The summed E-state index contributed by atoms with van der Waals surface area (Å²) < 4.78 is 5.14. The van der Waals surface area contributed by atoms with Crippen molar-refractivity contribution < 1.29 is 19.4 Å². The number of rotatable bonds is 6. The summed E-state index contributed by atoms with van der Waals surface area (Å²) in [5, 5.41) is 18.6. The van der Waals surface area contributed by atoms with Crippen molar-refractivity contribution in [3.05, 3.63) is 46.3 Å². The topological polar surface area (TPSA) is 87.7 Å². The molecule has 1 aromatic carbocycles. The predicted molar refractivity (Wildman–Crippen MR) is 79.3 cm³/mol. The molecule has 2 rings (SSSR count). The van der Waals surface area contributed by atoms with E-state index in [0.29, 0.717) is 24.0 Å². The van der Waals surface area contributed by atoms with E-state index >= 15 is 0 Å². The zero-order valence-electron chi connectivity index (χ0n) is 11.4. The Kier molecular flexibility index (Phi) is 4.77. The molecule has 1 aromatic heterocycles. The number of aliphatic carboxylic acids is 1. The van der Waals surface area contributed by atoms with Crippen LogP contribution in [0.15, 0.2) is 39.6 Å². The highest BCUT2D eigenvalue weighted by Gasteiger charge is 2.03. The zero-order chi connectivity index (χ0) is 15.2. The second kappa shape index (κ2) is 6.74. The third-order valence-electron chi connectivity index (χ3n) is 3.06. The maximum Gasteiger partial charge on any atom is 0.343 e. The van der Waals surface area contributed by atoms with Crippen LogP contribution in [0.2, 0.25) is 0 Å². The zero-order valence-corrected chi connectivity index (χ0v) is 11.4. The largest absolute Gasteiger partial charge is 0.508 e. The van der Waals surface area contributed by atoms with Gasteiger partial charge >= 0.3 is 11.6 Å². The first-order valence-electron chi connectivity index (χ1n) is 6.71. The van der Waals surface area contributed by atoms with Crippen LogP contribution >= 0.6 is 0 Å². The molecule has 0 atom stereocenters. The summed E-state index contributed by atoms with van der Waals surface area (Å²) in [5.41, 5.74) is 0.319. The highest BCUT2D eigenvalue weighted by atomic mass is 16.4. The van der Waals surface area contributed by atoms with Gasteiger partial charge in [0, 0.05) is 17.9 Å². The van der Waals surface area contributed by atoms with E-state index in [1.807, 2.05) is 6.08 Å². The standard InChI is InChI=1S/C16H16O5/c17-13-8-7-11-9-12(16(20)21-14(11)10-13)5-3-1-2-4-6-15(18)19/h3,5,7-10,17H,1-2,4,6H2,(H,18,19). The molecule has 0 bridgehead atoms. The molecule has 0 fully saturated rings. The van der Waals surface area contributed by atoms with Gasteiger partial charge in [-0.2, -0.15) is 0 Å². The van der Waals surface area contributed by atoms with Crippen molar-refractivity contribution in [1.82, 2.24) is 0 Å². The smallest absolute Gasteiger partial charge is 0.343 e. The van der Waals surface area contributed by atoms with E-state index in [2.05, 4.69) is 0 Å². The number of aromatic hydroxyl groups is 1. The van der Waals surface area contributed by atoms with E-state index in [0.717, 1.165) is 11.8 Å². The number of unbranched alkanes of at least 4 members (excludes halogenated alkanes) is 2. The van der Waals surface area contributed by atoms with Crippen molar-refractivity contribution >= 4 is 23.0 Å². The number of carboxylic acid groups (broad SMARTS) is 1. The molecule has 21 heavy (non-hydrogen) atoms. The van der Waals surface area contributed by atoms with Gasteiger partial charge in [-0.05, 0) is 37.5 Å². The molecule has 0 aliphatic heterocycles. The molecule has 2 aromatic rings. The Morgan fingerprint density at radius 3 is 2.81 bits per heavy atom. The monoisotopic (exact) mass is 288 g/mol. The van der Waals surface area contributed by atoms with Gasteiger partial charge in [-0.3, -0.25) is 4.79 Å². The van der Waals surface area contributed by atoms with Crippen LogP contribution in [0.5, 0.6) is 5.75 Å². The number of hydrogen-bond donors (Lipinski definition) is 2. The predicted octanol–water partition coefficient (Wildman–Crippen LogP) is 3.16. The van der Waals surface area contributed by atoms with Crippen LogP contribution in [0.4, 0.5) is 0 Å². The molecule has 5 heteroatoms. The first-order chi connectivity index (χ1) is 10.1. The Labute approximate surface area is 121 Å². The number of carbonyl (C=O) groups is 1. The maximum atomic E-state index is 11.8. The molecule has 0 radical (unpaired) electrons. The van der Waals surface area contributed by atoms with Crippen LogP contribution in [-0.2, 0) is 4.79 Å². The number of allylic oxidation sites excluding steroid dienone is 1. The molecular weight excluding hydrogens is 272 g/mol. The normalized spacial score (nSPS) is 11.2. The van der Waals surface area contributed by atoms with E-state index in [1.54, 1.807) is 18.2 Å². The number of benzene rings is 1. The van der Waals surface area contributed by atoms with Gasteiger partial charge in [-0.15, -0.1) is 0 Å². The SMILES string of the molecule is O=C(O)CCCCC=Cc1cc2ccc(O)cc2oc1=O. The van der Waals surface area contributed by atoms with E-state index in [-0.39, 0.29) is 12.2 Å². The third kappa shape index (κ3) is 4.21. The van der Waals surface area contributed by atoms with Crippen LogP contribution < -0.4 is 5.63 Å². The lowest BCUT2D eigenvalue weighted by atomic mass is 10.1. The molecule has 1 heterocycles. The Hall–Kier alpha value is -2.56. The van der Waals surface area contributed by atoms with Gasteiger partial charge in [0.1, 0.15) is 11.3 Å². The summed E-state index contributed by atoms with van der Waals surface area (Å²) in [4.78, 5) is 22.1. The molecule has 2 N–H and O–H groups in total. The number of hydrogen-bond acceptors (Lipinski definition) is 4. The lowest BCUT2D eigenvalue weighted by Gasteiger charge is -1.99. The molecule has 0 aliphatic rings. The first kappa shape index (κ1) is 14.8. The van der Waals surface area contributed by atoms with Gasteiger partial charge < -0.3 is 14.6 Å². The number of carboxylic acids is 1. The maximum absolute atomic E-state index is 11.8. The van der Waals surface area contributed by atoms with Gasteiger partial charge in [-0.1, -0.05) is 12.2 Å². The van der Waals surface area contributed by atoms with Crippen LogP contribution in [0.25, 0.3) is 17.0 Å². The summed E-state index contributed by atoms with van der Waals surface area (Å²) in [6.07, 6.45) is 5.76. The quantitative estimate of drug-likeness (QED) is 0.629. The fraction of sp³-hybridized carbons (Fsp3) is 0.250. The second-order valence-corrected chi connectivity index (χ2v) is 4.75. The minimum Gasteiger partial charge on any atom is -0.508 e. The lowest BCUT2D eigenvalue weighted by Crippen LogP contribution is -2.02. The van der Waals surface area contributed by atoms with Crippen molar-refractivity contribution in [1.29, 1.82) is 0 Å². The number of fused-ring (bicyclic) bond motifs is 1. The van der Waals surface area contributed by atoms with Crippen LogP contribution in [0, 0.1) is 0 Å². The van der Waals surface area contributed by atoms with Gasteiger partial charge in [0.2, 0.25) is 0 Å². The average molecular weight is 288 g/mol. The summed E-state index contributed by atoms with van der Waals surface area (Å²) in [5.74, 6) is -0.746. The second-order valence-electron chi connectivity index (χ2n) is 4.75. The molecule has 0 amide bonds. The molecule has 0 unspecified atom stereocenters. The van der Waals surface area contributed by atoms with Crippen molar-refractivity contribution in [2.75, 3.05) is 0 Å². The molecule has 0 saturated carbocycles. The summed E-state index contributed by atoms with van der Waals surface area (Å²) in [7, 11) is 0. The fourth-order valence-corrected chi connectivity index (χ4v) is 1.98. The Morgan fingerprint density at radius 1 is 1.24 bits per heavy atom. The Morgan fingerprint density at radius 2 is 2.05 bits per heavy atom. The molecule has 0 spiro atoms. The highest BCUT2D eigenvalue weighted by Crippen LogP contribution is 2.19. The summed E-state index contributed by atoms with van der Waals surface area (Å²) >= 11 is 0. The van der Waals surface area contributed by atoms with Gasteiger partial charge in [0.25, 0.3) is 0 Å². The lowest BCUT2D eigenvalue weighted by molar-refractivity contribution is -0.137. The van der Waals surface area contributed by atoms with Gasteiger partial charge in [-0.25, -0.2) is 4.79 Å². The van der Waals surface area contributed by atoms with E-state index in [4.69, 9.17) is 9.52 Å². The molecular formula is C16H16O5. The van der Waals surface area contributed by atoms with Crippen molar-refractivity contribution in [3.8, 4) is 5.75 Å². The van der Waals surface area contributed by atoms with Crippen LogP contribution in [0.3, 0.4) is 0 Å². The van der Waals surface area contributed by atoms with Crippen molar-refractivity contribution in [2.45, 2.75) is 25.7 Å². The van der Waals surface area contributed by atoms with Gasteiger partial charge in [0.15, 0.2) is 0 Å². The van der Waals surface area contributed by atoms with Crippen LogP contribution in [-0.4, -0.2) is 16.2 Å². The first-order valence-corrected chi connectivity index (χ1v) is 6.71. The molecule has 110 valence electrons. The summed E-state index contributed by atoms with van der Waals surface area (Å²) in [6.45, 7) is 0. The summed E-state index contributed by atoms with van der Waals surface area (Å²) in [6, 6.07) is 6.31. The van der Waals surface area contributed by atoms with Crippen molar-refractivity contribution in [2.24, 2.45) is 0 Å². The Bertz CT molecular complexity index is 727. The van der Waals surface area contributed by atoms with Crippen LogP contribution in [0.1, 0.15) is 31.2 Å². The third-order valence-corrected chi connectivity index (χ3v) is 3.06. The minimum absolute atomic E-state index is 0.0485.